The summed E-state index contributed by atoms with van der Waals surface area (Å²) in [7, 11) is 0. The van der Waals surface area contributed by atoms with Crippen molar-refractivity contribution in [3.63, 3.8) is 0 Å². The van der Waals surface area contributed by atoms with E-state index in [0.717, 1.165) is 19.0 Å². The van der Waals surface area contributed by atoms with Gasteiger partial charge in [0.05, 0.1) is 11.3 Å². The number of carbonyl (C=O) groups is 1. The van der Waals surface area contributed by atoms with Crippen molar-refractivity contribution in [2.45, 2.75) is 32.0 Å². The molecule has 130 valence electrons. The minimum absolute atomic E-state index is 0. The van der Waals surface area contributed by atoms with Gasteiger partial charge in [-0.2, -0.15) is 13.2 Å². The number of alkyl halides is 3. The smallest absolute Gasteiger partial charge is 0.418 e. The molecule has 7 heteroatoms. The molecule has 0 spiro atoms. The molecule has 2 rings (SSSR count). The van der Waals surface area contributed by atoms with Crippen molar-refractivity contribution in [3.05, 3.63) is 60.4 Å². The lowest BCUT2D eigenvalue weighted by Crippen LogP contribution is -3.00. The molecule has 1 N–H and O–H groups in total. The average Bonchev–Trinajstić information content (AvgIpc) is 2.52. The monoisotopic (exact) mass is 402 g/mol. The molecule has 0 saturated heterocycles. The fraction of sp³-hybridized carbons (Fsp3) is 0.294. The molecule has 0 radical (unpaired) electrons. The minimum atomic E-state index is -4.48. The van der Waals surface area contributed by atoms with Gasteiger partial charge in [-0.25, -0.2) is 4.57 Å². The Morgan fingerprint density at radius 2 is 1.67 bits per heavy atom. The first-order chi connectivity index (χ1) is 11.0. The number of hydrogen-bond donors (Lipinski definition) is 1. The van der Waals surface area contributed by atoms with Crippen LogP contribution in [0.5, 0.6) is 0 Å². The molecule has 0 unspecified atom stereocenters. The van der Waals surface area contributed by atoms with Gasteiger partial charge in [0.15, 0.2) is 12.4 Å². The second-order valence-electron chi connectivity index (χ2n) is 5.16. The highest BCUT2D eigenvalue weighted by Crippen LogP contribution is 2.34. The normalized spacial score (nSPS) is 10.8. The van der Waals surface area contributed by atoms with E-state index in [-0.39, 0.29) is 29.1 Å². The Bertz CT molecular complexity index is 648. The lowest BCUT2D eigenvalue weighted by atomic mass is 10.1. The van der Waals surface area contributed by atoms with E-state index in [4.69, 9.17) is 0 Å². The first-order valence-electron chi connectivity index (χ1n) is 7.37. The standard InChI is InChI=1S/C17H17F3N2O.BrH/c18-17(19,20)14-8-2-3-9-15(14)21-16(23)10-4-7-13-22-11-5-1-6-12-22;/h1-3,5-6,8-9,11-12H,4,7,10,13H2;1H. The van der Waals surface area contributed by atoms with Crippen molar-refractivity contribution in [1.29, 1.82) is 0 Å². The van der Waals surface area contributed by atoms with Gasteiger partial charge in [-0.1, -0.05) is 18.2 Å². The van der Waals surface area contributed by atoms with Gasteiger partial charge in [-0.05, 0) is 18.6 Å². The molecule has 0 bridgehead atoms. The lowest BCUT2D eigenvalue weighted by Gasteiger charge is -2.13. The Balaban J connectivity index is 0.00000288. The highest BCUT2D eigenvalue weighted by molar-refractivity contribution is 5.91. The van der Waals surface area contributed by atoms with E-state index in [1.54, 1.807) is 0 Å². The number of carbonyl (C=O) groups excluding carboxylic acids is 1. The third kappa shape index (κ3) is 6.31. The molecule has 2 aromatic rings. The van der Waals surface area contributed by atoms with Gasteiger partial charge < -0.3 is 22.3 Å². The number of rotatable bonds is 6. The van der Waals surface area contributed by atoms with Crippen LogP contribution in [0.15, 0.2) is 54.9 Å². The SMILES string of the molecule is O=C(CCCC[n+]1ccccc1)Nc1ccccc1C(F)(F)F.[Br-]. The number of amides is 1. The number of pyridine rings is 1. The maximum Gasteiger partial charge on any atom is 0.418 e. The molecule has 1 heterocycles. The zero-order chi connectivity index (χ0) is 16.7. The van der Waals surface area contributed by atoms with Crippen LogP contribution in [0, 0.1) is 0 Å². The van der Waals surface area contributed by atoms with Crippen molar-refractivity contribution >= 4 is 11.6 Å². The van der Waals surface area contributed by atoms with Crippen LogP contribution in [0.3, 0.4) is 0 Å². The summed E-state index contributed by atoms with van der Waals surface area (Å²) in [6, 6.07) is 10.7. The van der Waals surface area contributed by atoms with E-state index >= 15 is 0 Å². The third-order valence-corrected chi connectivity index (χ3v) is 3.35. The molecular formula is C17H18BrF3N2O. The molecule has 0 fully saturated rings. The molecule has 0 saturated carbocycles. The van der Waals surface area contributed by atoms with Gasteiger partial charge >= 0.3 is 6.18 Å². The Kier molecular flexibility index (Phi) is 7.91. The molecule has 1 aromatic carbocycles. The second kappa shape index (κ2) is 9.42. The van der Waals surface area contributed by atoms with Crippen molar-refractivity contribution in [2.75, 3.05) is 5.32 Å². The van der Waals surface area contributed by atoms with Crippen molar-refractivity contribution < 1.29 is 39.5 Å². The van der Waals surface area contributed by atoms with E-state index in [0.29, 0.717) is 6.42 Å². The second-order valence-corrected chi connectivity index (χ2v) is 5.16. The Hall–Kier alpha value is -1.89. The molecule has 3 nitrogen and oxygen atoms in total. The molecule has 0 aliphatic rings. The number of unbranched alkanes of at least 4 members (excludes halogenated alkanes) is 1. The third-order valence-electron chi connectivity index (χ3n) is 3.35. The summed E-state index contributed by atoms with van der Waals surface area (Å²) in [5.74, 6) is -0.403. The predicted octanol–water partition coefficient (Wildman–Crippen LogP) is 0.806. The fourth-order valence-corrected chi connectivity index (χ4v) is 2.22. The van der Waals surface area contributed by atoms with E-state index < -0.39 is 17.6 Å². The molecule has 0 aliphatic carbocycles. The number of aryl methyl sites for hydroxylation is 1. The average molecular weight is 403 g/mol. The zero-order valence-electron chi connectivity index (χ0n) is 12.9. The van der Waals surface area contributed by atoms with Crippen molar-refractivity contribution in [1.82, 2.24) is 0 Å². The largest absolute Gasteiger partial charge is 1.00 e. The van der Waals surface area contributed by atoms with Gasteiger partial charge in [0.2, 0.25) is 5.91 Å². The molecule has 0 atom stereocenters. The van der Waals surface area contributed by atoms with Crippen molar-refractivity contribution in [2.24, 2.45) is 0 Å². The number of para-hydroxylation sites is 1. The maximum atomic E-state index is 12.8. The first-order valence-corrected chi connectivity index (χ1v) is 7.37. The molecule has 0 aliphatic heterocycles. The summed E-state index contributed by atoms with van der Waals surface area (Å²) in [4.78, 5) is 11.8. The Morgan fingerprint density at radius 3 is 2.33 bits per heavy atom. The summed E-state index contributed by atoms with van der Waals surface area (Å²) in [5, 5.41) is 2.35. The number of nitrogens with one attached hydrogen (secondary N) is 1. The van der Waals surface area contributed by atoms with Gasteiger partial charge in [0.1, 0.15) is 6.54 Å². The summed E-state index contributed by atoms with van der Waals surface area (Å²) in [6.07, 6.45) is 0.970. The topological polar surface area (TPSA) is 33.0 Å². The summed E-state index contributed by atoms with van der Waals surface area (Å²) in [6.45, 7) is 0.771. The van der Waals surface area contributed by atoms with Crippen LogP contribution in [0.4, 0.5) is 18.9 Å². The Labute approximate surface area is 149 Å². The van der Waals surface area contributed by atoms with Crippen LogP contribution in [0.1, 0.15) is 24.8 Å². The number of anilines is 1. The van der Waals surface area contributed by atoms with Gasteiger partial charge in [-0.15, -0.1) is 0 Å². The van der Waals surface area contributed by atoms with Crippen LogP contribution >= 0.6 is 0 Å². The Morgan fingerprint density at radius 1 is 1.00 bits per heavy atom. The van der Waals surface area contributed by atoms with E-state index in [2.05, 4.69) is 5.32 Å². The summed E-state index contributed by atoms with van der Waals surface area (Å²) >= 11 is 0. The highest BCUT2D eigenvalue weighted by atomic mass is 79.9. The summed E-state index contributed by atoms with van der Waals surface area (Å²) < 4.78 is 40.5. The van der Waals surface area contributed by atoms with Gasteiger partial charge in [0.25, 0.3) is 0 Å². The van der Waals surface area contributed by atoms with Crippen LogP contribution in [-0.4, -0.2) is 5.91 Å². The number of benzene rings is 1. The maximum absolute atomic E-state index is 12.8. The number of nitrogens with zero attached hydrogens (tertiary/aromatic N) is 1. The number of hydrogen-bond acceptors (Lipinski definition) is 1. The van der Waals surface area contributed by atoms with Crippen LogP contribution in [-0.2, 0) is 17.5 Å². The van der Waals surface area contributed by atoms with Gasteiger partial charge in [0, 0.05) is 25.0 Å². The zero-order valence-corrected chi connectivity index (χ0v) is 14.5. The lowest BCUT2D eigenvalue weighted by molar-refractivity contribution is -0.697. The molecular weight excluding hydrogens is 385 g/mol. The van der Waals surface area contributed by atoms with Crippen LogP contribution in [0.25, 0.3) is 0 Å². The quantitative estimate of drug-likeness (QED) is 0.562. The van der Waals surface area contributed by atoms with Crippen LogP contribution in [0.2, 0.25) is 0 Å². The highest BCUT2D eigenvalue weighted by Gasteiger charge is 2.33. The van der Waals surface area contributed by atoms with Crippen molar-refractivity contribution in [3.8, 4) is 0 Å². The van der Waals surface area contributed by atoms with E-state index in [9.17, 15) is 18.0 Å². The van der Waals surface area contributed by atoms with Crippen LogP contribution < -0.4 is 26.9 Å². The van der Waals surface area contributed by atoms with E-state index in [1.165, 1.54) is 18.2 Å². The number of halogens is 4. The first kappa shape index (κ1) is 20.2. The fourth-order valence-electron chi connectivity index (χ4n) is 2.22. The summed E-state index contributed by atoms with van der Waals surface area (Å²) in [5.41, 5.74) is -1.02. The van der Waals surface area contributed by atoms with E-state index in [1.807, 2.05) is 35.2 Å². The van der Waals surface area contributed by atoms with Gasteiger partial charge in [-0.3, -0.25) is 4.79 Å². The molecule has 24 heavy (non-hydrogen) atoms. The predicted molar refractivity (Wildman–Crippen MR) is 80.6 cm³/mol. The number of aromatic nitrogens is 1. The minimum Gasteiger partial charge on any atom is -1.00 e. The molecule has 1 aromatic heterocycles. The molecule has 1 amide bonds.